The van der Waals surface area contributed by atoms with Gasteiger partial charge in [0.2, 0.25) is 0 Å². The standard InChI is InChI=1S/C14H12Cl2N2O/c15-10-4-1-3-9(7-10)8-18-14(19)11-5-2-6-12(17)13(11)16/h1-7H,8,17H2,(H,18,19). The summed E-state index contributed by atoms with van der Waals surface area (Å²) in [5, 5.41) is 3.68. The number of rotatable bonds is 3. The Balaban J connectivity index is 2.08. The second-order valence-electron chi connectivity index (χ2n) is 4.02. The second kappa shape index (κ2) is 5.95. The van der Waals surface area contributed by atoms with Crippen molar-refractivity contribution in [1.29, 1.82) is 0 Å². The van der Waals surface area contributed by atoms with Crippen LogP contribution in [0.25, 0.3) is 0 Å². The average Bonchev–Trinajstić information content (AvgIpc) is 2.39. The maximum Gasteiger partial charge on any atom is 0.253 e. The van der Waals surface area contributed by atoms with E-state index in [0.29, 0.717) is 22.8 Å². The number of hydrogen-bond donors (Lipinski definition) is 2. The van der Waals surface area contributed by atoms with E-state index in [2.05, 4.69) is 5.32 Å². The zero-order valence-corrected chi connectivity index (χ0v) is 11.5. The van der Waals surface area contributed by atoms with Crippen LogP contribution in [0.15, 0.2) is 42.5 Å². The zero-order chi connectivity index (χ0) is 13.8. The predicted molar refractivity (Wildman–Crippen MR) is 78.5 cm³/mol. The van der Waals surface area contributed by atoms with Crippen molar-refractivity contribution >= 4 is 34.8 Å². The summed E-state index contributed by atoms with van der Waals surface area (Å²) in [4.78, 5) is 12.0. The first-order valence-electron chi connectivity index (χ1n) is 5.64. The number of hydrogen-bond acceptors (Lipinski definition) is 2. The highest BCUT2D eigenvalue weighted by Gasteiger charge is 2.11. The summed E-state index contributed by atoms with van der Waals surface area (Å²) < 4.78 is 0. The number of benzene rings is 2. The minimum absolute atomic E-state index is 0.266. The van der Waals surface area contributed by atoms with Crippen molar-refractivity contribution < 1.29 is 4.79 Å². The Labute approximate surface area is 121 Å². The Kier molecular flexibility index (Phi) is 4.30. The Morgan fingerprint density at radius 1 is 1.16 bits per heavy atom. The molecule has 0 bridgehead atoms. The molecule has 0 fully saturated rings. The molecule has 3 nitrogen and oxygen atoms in total. The van der Waals surface area contributed by atoms with E-state index in [4.69, 9.17) is 28.9 Å². The van der Waals surface area contributed by atoms with Gasteiger partial charge in [0.25, 0.3) is 5.91 Å². The van der Waals surface area contributed by atoms with E-state index in [1.807, 2.05) is 12.1 Å². The molecule has 0 atom stereocenters. The van der Waals surface area contributed by atoms with Crippen LogP contribution in [-0.4, -0.2) is 5.91 Å². The molecule has 19 heavy (non-hydrogen) atoms. The first-order valence-corrected chi connectivity index (χ1v) is 6.40. The van der Waals surface area contributed by atoms with E-state index in [1.54, 1.807) is 30.3 Å². The van der Waals surface area contributed by atoms with E-state index in [-0.39, 0.29) is 10.9 Å². The average molecular weight is 295 g/mol. The van der Waals surface area contributed by atoms with Gasteiger partial charge in [-0.15, -0.1) is 0 Å². The van der Waals surface area contributed by atoms with Gasteiger partial charge < -0.3 is 11.1 Å². The van der Waals surface area contributed by atoms with Gasteiger partial charge in [0, 0.05) is 11.6 Å². The molecule has 0 radical (unpaired) electrons. The molecule has 0 saturated heterocycles. The van der Waals surface area contributed by atoms with Gasteiger partial charge in [-0.3, -0.25) is 4.79 Å². The summed E-state index contributed by atoms with van der Waals surface area (Å²) in [5.41, 5.74) is 7.32. The van der Waals surface area contributed by atoms with Gasteiger partial charge in [-0.1, -0.05) is 41.4 Å². The lowest BCUT2D eigenvalue weighted by Gasteiger charge is -2.08. The third-order valence-corrected chi connectivity index (χ3v) is 3.27. The van der Waals surface area contributed by atoms with E-state index in [9.17, 15) is 4.79 Å². The molecule has 2 aromatic carbocycles. The number of nitrogen functional groups attached to an aromatic ring is 1. The van der Waals surface area contributed by atoms with Crippen LogP contribution in [0.3, 0.4) is 0 Å². The molecule has 98 valence electrons. The molecule has 0 unspecified atom stereocenters. The topological polar surface area (TPSA) is 55.1 Å². The summed E-state index contributed by atoms with van der Waals surface area (Å²) in [7, 11) is 0. The van der Waals surface area contributed by atoms with E-state index >= 15 is 0 Å². The lowest BCUT2D eigenvalue weighted by molar-refractivity contribution is 0.0951. The van der Waals surface area contributed by atoms with Crippen molar-refractivity contribution in [1.82, 2.24) is 5.32 Å². The molecule has 1 amide bonds. The summed E-state index contributed by atoms with van der Waals surface area (Å²) in [6.45, 7) is 0.379. The molecule has 3 N–H and O–H groups in total. The van der Waals surface area contributed by atoms with E-state index in [0.717, 1.165) is 5.56 Å². The Bertz CT molecular complexity index is 614. The van der Waals surface area contributed by atoms with Crippen molar-refractivity contribution in [3.8, 4) is 0 Å². The molecule has 0 spiro atoms. The normalized spacial score (nSPS) is 10.2. The molecule has 5 heteroatoms. The van der Waals surface area contributed by atoms with Gasteiger partial charge in [-0.2, -0.15) is 0 Å². The van der Waals surface area contributed by atoms with Crippen molar-refractivity contribution in [2.45, 2.75) is 6.54 Å². The highest BCUT2D eigenvalue weighted by atomic mass is 35.5. The van der Waals surface area contributed by atoms with Crippen LogP contribution in [-0.2, 0) is 6.54 Å². The lowest BCUT2D eigenvalue weighted by Crippen LogP contribution is -2.23. The van der Waals surface area contributed by atoms with Gasteiger partial charge in [0.15, 0.2) is 0 Å². The summed E-state index contributed by atoms with van der Waals surface area (Å²) >= 11 is 11.9. The van der Waals surface area contributed by atoms with Crippen molar-refractivity contribution in [2.75, 3.05) is 5.73 Å². The molecule has 0 aliphatic rings. The first kappa shape index (κ1) is 13.7. The number of nitrogens with one attached hydrogen (secondary N) is 1. The molecule has 0 saturated carbocycles. The Morgan fingerprint density at radius 3 is 2.63 bits per heavy atom. The minimum atomic E-state index is -0.266. The third-order valence-electron chi connectivity index (χ3n) is 2.62. The largest absolute Gasteiger partial charge is 0.398 e. The molecule has 0 aromatic heterocycles. The van der Waals surface area contributed by atoms with Crippen LogP contribution < -0.4 is 11.1 Å². The number of halogens is 2. The quantitative estimate of drug-likeness (QED) is 0.851. The van der Waals surface area contributed by atoms with Gasteiger partial charge in [-0.25, -0.2) is 0 Å². The SMILES string of the molecule is Nc1cccc(C(=O)NCc2cccc(Cl)c2)c1Cl. The van der Waals surface area contributed by atoms with Crippen LogP contribution in [0.2, 0.25) is 10.0 Å². The van der Waals surface area contributed by atoms with Gasteiger partial charge in [0.05, 0.1) is 16.3 Å². The number of amides is 1. The van der Waals surface area contributed by atoms with Gasteiger partial charge in [-0.05, 0) is 29.8 Å². The van der Waals surface area contributed by atoms with Crippen molar-refractivity contribution in [3.05, 3.63) is 63.6 Å². The van der Waals surface area contributed by atoms with Crippen LogP contribution in [0.1, 0.15) is 15.9 Å². The smallest absolute Gasteiger partial charge is 0.253 e. The number of carbonyl (C=O) groups is 1. The maximum absolute atomic E-state index is 12.0. The van der Waals surface area contributed by atoms with E-state index < -0.39 is 0 Å². The molecule has 2 aromatic rings. The molecule has 0 aliphatic carbocycles. The number of nitrogens with two attached hydrogens (primary N) is 1. The highest BCUT2D eigenvalue weighted by Crippen LogP contribution is 2.22. The summed E-state index contributed by atoms with van der Waals surface area (Å²) in [6, 6.07) is 12.3. The number of anilines is 1. The fourth-order valence-electron chi connectivity index (χ4n) is 1.65. The monoisotopic (exact) mass is 294 g/mol. The second-order valence-corrected chi connectivity index (χ2v) is 4.84. The predicted octanol–water partition coefficient (Wildman–Crippen LogP) is 3.51. The summed E-state index contributed by atoms with van der Waals surface area (Å²) in [5.74, 6) is -0.266. The van der Waals surface area contributed by atoms with Gasteiger partial charge >= 0.3 is 0 Å². The highest BCUT2D eigenvalue weighted by molar-refractivity contribution is 6.36. The lowest BCUT2D eigenvalue weighted by atomic mass is 10.1. The Hall–Kier alpha value is -1.71. The Morgan fingerprint density at radius 2 is 1.89 bits per heavy atom. The summed E-state index contributed by atoms with van der Waals surface area (Å²) in [6.07, 6.45) is 0. The minimum Gasteiger partial charge on any atom is -0.398 e. The van der Waals surface area contributed by atoms with Crippen molar-refractivity contribution in [2.24, 2.45) is 0 Å². The van der Waals surface area contributed by atoms with Crippen LogP contribution in [0.5, 0.6) is 0 Å². The molecule has 2 rings (SSSR count). The fraction of sp³-hybridized carbons (Fsp3) is 0.0714. The van der Waals surface area contributed by atoms with E-state index in [1.165, 1.54) is 0 Å². The molecular formula is C14H12Cl2N2O. The third kappa shape index (κ3) is 3.40. The first-order chi connectivity index (χ1) is 9.08. The van der Waals surface area contributed by atoms with Crippen LogP contribution in [0, 0.1) is 0 Å². The fourth-order valence-corrected chi connectivity index (χ4v) is 2.07. The molecule has 0 aliphatic heterocycles. The molecule has 0 heterocycles. The van der Waals surface area contributed by atoms with Crippen molar-refractivity contribution in [3.63, 3.8) is 0 Å². The van der Waals surface area contributed by atoms with Gasteiger partial charge in [0.1, 0.15) is 0 Å². The number of carbonyl (C=O) groups excluding carboxylic acids is 1. The molecular weight excluding hydrogens is 283 g/mol. The van der Waals surface area contributed by atoms with Crippen LogP contribution >= 0.6 is 23.2 Å². The zero-order valence-electron chi connectivity index (χ0n) is 9.99. The maximum atomic E-state index is 12.0. The van der Waals surface area contributed by atoms with Crippen LogP contribution in [0.4, 0.5) is 5.69 Å².